The molecule has 2 unspecified atom stereocenters. The summed E-state index contributed by atoms with van der Waals surface area (Å²) in [6.07, 6.45) is 7.96. The van der Waals surface area contributed by atoms with Crippen molar-refractivity contribution in [2.45, 2.75) is 98.0 Å². The van der Waals surface area contributed by atoms with Crippen molar-refractivity contribution in [1.82, 2.24) is 0 Å². The lowest BCUT2D eigenvalue weighted by Gasteiger charge is -2.31. The second kappa shape index (κ2) is 18.0. The average Bonchev–Trinajstić information content (AvgIpc) is 2.99. The number of aryl methyl sites for hydroxylation is 1. The summed E-state index contributed by atoms with van der Waals surface area (Å²) in [6.45, 7) is 14.4. The van der Waals surface area contributed by atoms with Gasteiger partial charge in [0.25, 0.3) is 0 Å². The smallest absolute Gasteiger partial charge is 0.211 e. The monoisotopic (exact) mass is 641 g/mol. The van der Waals surface area contributed by atoms with Gasteiger partial charge in [-0.15, -0.1) is 0 Å². The van der Waals surface area contributed by atoms with Crippen LogP contribution in [0.15, 0.2) is 66.2 Å². The molecule has 0 aliphatic carbocycles. The fourth-order valence-electron chi connectivity index (χ4n) is 5.48. The van der Waals surface area contributed by atoms with E-state index in [1.165, 1.54) is 17.7 Å². The number of carbonyl (C=O) groups excluding carboxylic acids is 2. The summed E-state index contributed by atoms with van der Waals surface area (Å²) in [7, 11) is 0. The van der Waals surface area contributed by atoms with Crippen LogP contribution in [0.5, 0.6) is 5.75 Å². The van der Waals surface area contributed by atoms with Crippen molar-refractivity contribution in [3.05, 3.63) is 104 Å². The molecule has 0 spiro atoms. The van der Waals surface area contributed by atoms with Gasteiger partial charge in [0.2, 0.25) is 6.41 Å². The molecule has 7 heteroatoms. The molecular weight excluding hydrogens is 596 g/mol. The molecule has 0 saturated carbocycles. The molecule has 4 nitrogen and oxygen atoms in total. The third-order valence-electron chi connectivity index (χ3n) is 7.90. The molecule has 0 heterocycles. The van der Waals surface area contributed by atoms with Crippen LogP contribution in [0.2, 0.25) is 10.0 Å². The fraction of sp³-hybridized carbons (Fsp3) is 0.405. The van der Waals surface area contributed by atoms with Crippen molar-refractivity contribution in [3.63, 3.8) is 0 Å². The van der Waals surface area contributed by atoms with Crippen molar-refractivity contribution < 1.29 is 18.7 Å². The molecule has 44 heavy (non-hydrogen) atoms. The number of hydrogen-bond donors (Lipinski definition) is 1. The van der Waals surface area contributed by atoms with E-state index < -0.39 is 5.60 Å². The Morgan fingerprint density at radius 1 is 0.932 bits per heavy atom. The molecule has 0 saturated heterocycles. The van der Waals surface area contributed by atoms with Gasteiger partial charge in [-0.2, -0.15) is 0 Å². The Morgan fingerprint density at radius 3 is 2.16 bits per heavy atom. The molecule has 0 aromatic heterocycles. The van der Waals surface area contributed by atoms with E-state index in [-0.39, 0.29) is 17.7 Å². The molecule has 1 amide bonds. The molecular formula is C37H46Cl2FNO3. The van der Waals surface area contributed by atoms with Crippen LogP contribution in [-0.4, -0.2) is 18.3 Å². The quantitative estimate of drug-likeness (QED) is 0.141. The summed E-state index contributed by atoms with van der Waals surface area (Å²) < 4.78 is 19.8. The number of aldehydes is 1. The molecule has 0 radical (unpaired) electrons. The molecule has 3 aromatic rings. The molecule has 0 bridgehead atoms. The lowest BCUT2D eigenvalue weighted by atomic mass is 9.89. The first-order valence-electron chi connectivity index (χ1n) is 15.3. The summed E-state index contributed by atoms with van der Waals surface area (Å²) >= 11 is 12.2. The minimum atomic E-state index is -0.735. The normalized spacial score (nSPS) is 12.9. The first-order valence-corrected chi connectivity index (χ1v) is 16.0. The van der Waals surface area contributed by atoms with Crippen LogP contribution in [-0.2, 0) is 9.59 Å². The number of halogens is 3. The van der Waals surface area contributed by atoms with E-state index in [1.54, 1.807) is 18.2 Å². The van der Waals surface area contributed by atoms with Gasteiger partial charge in [0.05, 0.1) is 0 Å². The maximum absolute atomic E-state index is 13.4. The molecule has 3 rings (SSSR count). The Hall–Kier alpha value is -3.15. The van der Waals surface area contributed by atoms with Gasteiger partial charge in [0.15, 0.2) is 11.9 Å². The number of allylic oxidation sites excluding steroid dienone is 2. The first-order chi connectivity index (χ1) is 20.9. The maximum atomic E-state index is 13.4. The zero-order valence-electron chi connectivity index (χ0n) is 27.0. The van der Waals surface area contributed by atoms with E-state index in [1.807, 2.05) is 38.1 Å². The summed E-state index contributed by atoms with van der Waals surface area (Å²) in [5, 5.41) is 3.88. The van der Waals surface area contributed by atoms with Crippen molar-refractivity contribution >= 4 is 41.6 Å². The van der Waals surface area contributed by atoms with Crippen LogP contribution in [0.4, 0.5) is 10.1 Å². The highest BCUT2D eigenvalue weighted by atomic mass is 35.5. The number of rotatable bonds is 14. The van der Waals surface area contributed by atoms with Gasteiger partial charge < -0.3 is 10.1 Å². The Kier molecular flexibility index (Phi) is 15.1. The number of anilines is 1. The lowest BCUT2D eigenvalue weighted by molar-refractivity contribution is -0.122. The van der Waals surface area contributed by atoms with Gasteiger partial charge in [-0.05, 0) is 111 Å². The largest absolute Gasteiger partial charge is 0.480 e. The molecule has 0 fully saturated rings. The van der Waals surface area contributed by atoms with Crippen molar-refractivity contribution in [3.8, 4) is 5.75 Å². The minimum Gasteiger partial charge on any atom is -0.480 e. The highest BCUT2D eigenvalue weighted by Crippen LogP contribution is 2.37. The standard InChI is InChI=1S/C21H31ClO2.C16H15ClFNO/c1-6-11-21(15-23,12-7-2)24-20-10-9-18(22)14-19(20)17(5)13-16(4)8-3;1-10-3-5-13(18)8-15(10)11(2)14-6-4-12(17)7-16(14)19-9-20/h8-10,14-15,17H,6-7,11-13H2,1-5H3;3-9,11H,1-2H3,(H,19,20)/b16-8+;. The predicted octanol–water partition coefficient (Wildman–Crippen LogP) is 11.2. The van der Waals surface area contributed by atoms with E-state index in [0.717, 1.165) is 66.4 Å². The molecule has 238 valence electrons. The summed E-state index contributed by atoms with van der Waals surface area (Å²) in [5.41, 5.74) is 5.10. The average molecular weight is 643 g/mol. The lowest BCUT2D eigenvalue weighted by Crippen LogP contribution is -2.38. The SMILES string of the molecule is C/C=C(\C)CC(C)c1cc(Cl)ccc1OC(C=O)(CCC)CCC.Cc1ccc(F)cc1C(C)c1ccc(Cl)cc1NC=O. The van der Waals surface area contributed by atoms with Crippen molar-refractivity contribution in [2.75, 3.05) is 5.32 Å². The number of amides is 1. The summed E-state index contributed by atoms with van der Waals surface area (Å²) in [6, 6.07) is 15.7. The van der Waals surface area contributed by atoms with Crippen LogP contribution < -0.4 is 10.1 Å². The van der Waals surface area contributed by atoms with E-state index in [0.29, 0.717) is 22.1 Å². The second-order valence-corrected chi connectivity index (χ2v) is 12.3. The third-order valence-corrected chi connectivity index (χ3v) is 8.37. The van der Waals surface area contributed by atoms with Crippen LogP contribution in [0.1, 0.15) is 108 Å². The number of hydrogen-bond acceptors (Lipinski definition) is 3. The summed E-state index contributed by atoms with van der Waals surface area (Å²) in [5.74, 6) is 0.744. The molecule has 3 aromatic carbocycles. The third kappa shape index (κ3) is 10.5. The fourth-order valence-corrected chi connectivity index (χ4v) is 5.84. The zero-order chi connectivity index (χ0) is 32.9. The van der Waals surface area contributed by atoms with Crippen LogP contribution in [0.25, 0.3) is 0 Å². The van der Waals surface area contributed by atoms with E-state index >= 15 is 0 Å². The Balaban J connectivity index is 0.000000311. The van der Waals surface area contributed by atoms with Gasteiger partial charge in [0, 0.05) is 21.7 Å². The topological polar surface area (TPSA) is 55.4 Å². The van der Waals surface area contributed by atoms with Crippen molar-refractivity contribution in [1.29, 1.82) is 0 Å². The molecule has 0 aliphatic heterocycles. The van der Waals surface area contributed by atoms with Crippen LogP contribution in [0.3, 0.4) is 0 Å². The van der Waals surface area contributed by atoms with Crippen molar-refractivity contribution in [2.24, 2.45) is 0 Å². The van der Waals surface area contributed by atoms with E-state index in [9.17, 15) is 14.0 Å². The van der Waals surface area contributed by atoms with Crippen LogP contribution in [0, 0.1) is 12.7 Å². The van der Waals surface area contributed by atoms with Gasteiger partial charge >= 0.3 is 0 Å². The minimum absolute atomic E-state index is 0.0505. The van der Waals surface area contributed by atoms with E-state index in [4.69, 9.17) is 27.9 Å². The Bertz CT molecular complexity index is 1420. The second-order valence-electron chi connectivity index (χ2n) is 11.4. The van der Waals surface area contributed by atoms with Gasteiger partial charge in [0.1, 0.15) is 11.6 Å². The highest BCUT2D eigenvalue weighted by molar-refractivity contribution is 6.31. The van der Waals surface area contributed by atoms with Gasteiger partial charge in [-0.1, -0.05) is 87.5 Å². The number of nitrogens with one attached hydrogen (secondary N) is 1. The predicted molar refractivity (Wildman–Crippen MR) is 183 cm³/mol. The zero-order valence-corrected chi connectivity index (χ0v) is 28.5. The number of carbonyl (C=O) groups is 2. The highest BCUT2D eigenvalue weighted by Gasteiger charge is 2.31. The summed E-state index contributed by atoms with van der Waals surface area (Å²) in [4.78, 5) is 22.5. The van der Waals surface area contributed by atoms with Gasteiger partial charge in [-0.3, -0.25) is 9.59 Å². The Labute approximate surface area is 273 Å². The van der Waals surface area contributed by atoms with E-state index in [2.05, 4.69) is 46.0 Å². The number of benzene rings is 3. The molecule has 1 N–H and O–H groups in total. The van der Waals surface area contributed by atoms with Crippen LogP contribution >= 0.6 is 23.2 Å². The van der Waals surface area contributed by atoms with Gasteiger partial charge in [-0.25, -0.2) is 4.39 Å². The first kappa shape index (κ1) is 37.0. The molecule has 2 atom stereocenters. The maximum Gasteiger partial charge on any atom is 0.211 e. The number of ether oxygens (including phenoxy) is 1. The Morgan fingerprint density at radius 2 is 1.57 bits per heavy atom. The molecule has 0 aliphatic rings.